The molecule has 21 heavy (non-hydrogen) atoms. The molecule has 2 N–H and O–H groups in total. The van der Waals surface area contributed by atoms with E-state index in [0.717, 1.165) is 25.9 Å². The second-order valence-electron chi connectivity index (χ2n) is 5.29. The molecule has 0 atom stereocenters. The zero-order chi connectivity index (χ0) is 15.4. The molecule has 1 amide bonds. The molecule has 7 heteroatoms. The van der Waals surface area contributed by atoms with Gasteiger partial charge in [0.15, 0.2) is 0 Å². The predicted molar refractivity (Wildman–Crippen MR) is 80.6 cm³/mol. The summed E-state index contributed by atoms with van der Waals surface area (Å²) in [4.78, 5) is 24.9. The van der Waals surface area contributed by atoms with Crippen molar-refractivity contribution in [2.24, 2.45) is 0 Å². The average molecular weight is 292 g/mol. The highest BCUT2D eigenvalue weighted by Crippen LogP contribution is 2.22. The van der Waals surface area contributed by atoms with E-state index in [1.807, 2.05) is 0 Å². The number of hydrogen-bond donors (Lipinski definition) is 2. The first-order valence-corrected chi connectivity index (χ1v) is 6.97. The minimum Gasteiger partial charge on any atom is -0.387 e. The normalized spacial score (nSPS) is 16.5. The lowest BCUT2D eigenvalue weighted by Gasteiger charge is -2.29. The molecule has 2 rings (SSSR count). The van der Waals surface area contributed by atoms with Crippen LogP contribution >= 0.6 is 0 Å². The van der Waals surface area contributed by atoms with E-state index in [9.17, 15) is 14.9 Å². The van der Waals surface area contributed by atoms with E-state index in [-0.39, 0.29) is 17.6 Å². The lowest BCUT2D eigenvalue weighted by atomic mass is 10.0. The number of anilines is 1. The van der Waals surface area contributed by atoms with Crippen molar-refractivity contribution < 1.29 is 9.72 Å². The second-order valence-corrected chi connectivity index (χ2v) is 5.29. The van der Waals surface area contributed by atoms with E-state index in [1.165, 1.54) is 12.1 Å². The Morgan fingerprint density at radius 1 is 1.38 bits per heavy atom. The van der Waals surface area contributed by atoms with Gasteiger partial charge < -0.3 is 15.5 Å². The number of nitro groups is 1. The molecular weight excluding hydrogens is 272 g/mol. The largest absolute Gasteiger partial charge is 0.387 e. The van der Waals surface area contributed by atoms with E-state index in [4.69, 9.17) is 0 Å². The number of non-ortho nitro benzene ring substituents is 1. The van der Waals surface area contributed by atoms with Crippen molar-refractivity contribution in [3.63, 3.8) is 0 Å². The molecule has 0 aromatic heterocycles. The smallest absolute Gasteiger partial charge is 0.270 e. The maximum Gasteiger partial charge on any atom is 0.270 e. The van der Waals surface area contributed by atoms with Crippen LogP contribution in [0.5, 0.6) is 0 Å². The van der Waals surface area contributed by atoms with Crippen molar-refractivity contribution in [1.29, 1.82) is 0 Å². The molecule has 1 aliphatic heterocycles. The third-order valence-electron chi connectivity index (χ3n) is 3.78. The third kappa shape index (κ3) is 3.69. The first kappa shape index (κ1) is 15.2. The summed E-state index contributed by atoms with van der Waals surface area (Å²) in [6.07, 6.45) is 1.79. The van der Waals surface area contributed by atoms with Crippen LogP contribution in [0, 0.1) is 10.1 Å². The number of likely N-dealkylation sites (tertiary alicyclic amines) is 1. The van der Waals surface area contributed by atoms with Crippen molar-refractivity contribution >= 4 is 17.3 Å². The van der Waals surface area contributed by atoms with Gasteiger partial charge in [0.25, 0.3) is 11.6 Å². The minimum absolute atomic E-state index is 0.0810. The summed E-state index contributed by atoms with van der Waals surface area (Å²) in [5, 5.41) is 16.7. The van der Waals surface area contributed by atoms with Crippen LogP contribution in [0.3, 0.4) is 0 Å². The summed E-state index contributed by atoms with van der Waals surface area (Å²) in [6, 6.07) is 4.38. The summed E-state index contributed by atoms with van der Waals surface area (Å²) in [7, 11) is 3.74. The van der Waals surface area contributed by atoms with Gasteiger partial charge in [-0.05, 0) is 39.0 Å². The van der Waals surface area contributed by atoms with E-state index >= 15 is 0 Å². The summed E-state index contributed by atoms with van der Waals surface area (Å²) in [5.41, 5.74) is 0.819. The van der Waals surface area contributed by atoms with Crippen LogP contribution in [0.15, 0.2) is 18.2 Å². The third-order valence-corrected chi connectivity index (χ3v) is 3.78. The molecule has 1 saturated heterocycles. The predicted octanol–water partition coefficient (Wildman–Crippen LogP) is 1.46. The number of nitro benzene ring substituents is 1. The van der Waals surface area contributed by atoms with E-state index in [0.29, 0.717) is 11.3 Å². The van der Waals surface area contributed by atoms with Crippen LogP contribution in [-0.2, 0) is 0 Å². The Bertz CT molecular complexity index is 539. The molecule has 1 heterocycles. The molecular formula is C14H20N4O3. The van der Waals surface area contributed by atoms with Crippen LogP contribution < -0.4 is 10.6 Å². The zero-order valence-corrected chi connectivity index (χ0v) is 12.3. The van der Waals surface area contributed by atoms with Gasteiger partial charge in [-0.25, -0.2) is 0 Å². The summed E-state index contributed by atoms with van der Waals surface area (Å²) in [5.74, 6) is -0.266. The van der Waals surface area contributed by atoms with Gasteiger partial charge in [0.05, 0.1) is 10.5 Å². The van der Waals surface area contributed by atoms with Crippen LogP contribution in [0.2, 0.25) is 0 Å². The van der Waals surface area contributed by atoms with E-state index < -0.39 is 4.92 Å². The second kappa shape index (κ2) is 6.53. The number of carbonyl (C=O) groups excluding carboxylic acids is 1. The average Bonchev–Trinajstić information content (AvgIpc) is 2.48. The molecule has 7 nitrogen and oxygen atoms in total. The Hall–Kier alpha value is -2.15. The van der Waals surface area contributed by atoms with Gasteiger partial charge in [-0.2, -0.15) is 0 Å². The van der Waals surface area contributed by atoms with Crippen molar-refractivity contribution in [3.8, 4) is 0 Å². The molecule has 0 spiro atoms. The van der Waals surface area contributed by atoms with Crippen LogP contribution in [-0.4, -0.2) is 49.0 Å². The maximum atomic E-state index is 12.4. The van der Waals surface area contributed by atoms with Crippen molar-refractivity contribution in [2.75, 3.05) is 32.5 Å². The fourth-order valence-corrected chi connectivity index (χ4v) is 2.47. The summed E-state index contributed by atoms with van der Waals surface area (Å²) in [6.45, 7) is 1.89. The Morgan fingerprint density at radius 2 is 2.05 bits per heavy atom. The highest BCUT2D eigenvalue weighted by Gasteiger charge is 2.22. The Balaban J connectivity index is 2.13. The topological polar surface area (TPSA) is 87.5 Å². The van der Waals surface area contributed by atoms with Crippen LogP contribution in [0.4, 0.5) is 11.4 Å². The minimum atomic E-state index is -0.494. The number of piperidine rings is 1. The Morgan fingerprint density at radius 3 is 2.62 bits per heavy atom. The number of carbonyl (C=O) groups is 1. The number of hydrogen-bond acceptors (Lipinski definition) is 5. The maximum absolute atomic E-state index is 12.4. The molecule has 0 bridgehead atoms. The molecule has 1 aromatic carbocycles. The first-order chi connectivity index (χ1) is 10.0. The quantitative estimate of drug-likeness (QED) is 0.648. The zero-order valence-electron chi connectivity index (χ0n) is 12.3. The lowest BCUT2D eigenvalue weighted by molar-refractivity contribution is -0.384. The monoisotopic (exact) mass is 292 g/mol. The number of amides is 1. The molecule has 1 aliphatic rings. The van der Waals surface area contributed by atoms with Gasteiger partial charge in [-0.3, -0.25) is 14.9 Å². The van der Waals surface area contributed by atoms with E-state index in [1.54, 1.807) is 13.1 Å². The van der Waals surface area contributed by atoms with Crippen LogP contribution in [0.1, 0.15) is 23.2 Å². The van der Waals surface area contributed by atoms with Gasteiger partial charge in [0, 0.05) is 30.9 Å². The Kier molecular flexibility index (Phi) is 4.74. The molecule has 1 aromatic rings. The fourth-order valence-electron chi connectivity index (χ4n) is 2.47. The van der Waals surface area contributed by atoms with Gasteiger partial charge in [-0.15, -0.1) is 0 Å². The van der Waals surface area contributed by atoms with Crippen molar-refractivity contribution in [3.05, 3.63) is 33.9 Å². The first-order valence-electron chi connectivity index (χ1n) is 6.97. The van der Waals surface area contributed by atoms with E-state index in [2.05, 4.69) is 22.6 Å². The number of rotatable bonds is 4. The molecule has 0 radical (unpaired) electrons. The highest BCUT2D eigenvalue weighted by molar-refractivity contribution is 6.00. The highest BCUT2D eigenvalue weighted by atomic mass is 16.6. The van der Waals surface area contributed by atoms with Crippen molar-refractivity contribution in [2.45, 2.75) is 18.9 Å². The summed E-state index contributed by atoms with van der Waals surface area (Å²) < 4.78 is 0. The lowest BCUT2D eigenvalue weighted by Crippen LogP contribution is -2.43. The number of nitrogens with zero attached hydrogens (tertiary/aromatic N) is 2. The molecule has 0 saturated carbocycles. The Labute approximate surface area is 123 Å². The molecule has 1 fully saturated rings. The van der Waals surface area contributed by atoms with Gasteiger partial charge in [-0.1, -0.05) is 0 Å². The summed E-state index contributed by atoms with van der Waals surface area (Å²) >= 11 is 0. The standard InChI is InChI=1S/C14H20N4O3/c1-15-13-4-3-11(18(20)21)9-12(13)14(19)16-10-5-7-17(2)8-6-10/h3-4,9-10,15H,5-8H2,1-2H3,(H,16,19). The number of benzene rings is 1. The molecule has 114 valence electrons. The SMILES string of the molecule is CNc1ccc([N+](=O)[O-])cc1C(=O)NC1CCN(C)CC1. The van der Waals surface area contributed by atoms with Crippen molar-refractivity contribution in [1.82, 2.24) is 10.2 Å². The molecule has 0 aliphatic carbocycles. The number of nitrogens with one attached hydrogen (secondary N) is 2. The fraction of sp³-hybridized carbons (Fsp3) is 0.500. The molecule has 0 unspecified atom stereocenters. The van der Waals surface area contributed by atoms with Gasteiger partial charge >= 0.3 is 0 Å². The van der Waals surface area contributed by atoms with Gasteiger partial charge in [0.2, 0.25) is 0 Å². The van der Waals surface area contributed by atoms with Gasteiger partial charge in [0.1, 0.15) is 0 Å². The van der Waals surface area contributed by atoms with Crippen LogP contribution in [0.25, 0.3) is 0 Å².